The summed E-state index contributed by atoms with van der Waals surface area (Å²) in [4.78, 5) is 11.5. The second-order valence-electron chi connectivity index (χ2n) is 3.33. The highest BCUT2D eigenvalue weighted by Crippen LogP contribution is 2.33. The normalized spacial score (nSPS) is 19.3. The third-order valence-electron chi connectivity index (χ3n) is 2.37. The van der Waals surface area contributed by atoms with E-state index in [1.165, 1.54) is 0 Å². The molecule has 1 atom stereocenters. The predicted molar refractivity (Wildman–Crippen MR) is 56.7 cm³/mol. The first-order valence-corrected chi connectivity index (χ1v) is 4.85. The van der Waals surface area contributed by atoms with E-state index in [-0.39, 0.29) is 11.8 Å². The molecule has 0 fully saturated rings. The molecule has 0 spiro atoms. The van der Waals surface area contributed by atoms with Crippen molar-refractivity contribution in [1.82, 2.24) is 5.32 Å². The number of nitrogens with one attached hydrogen (secondary N) is 2. The molecular formula is C10H11ClN2O. The molecule has 0 radical (unpaired) electrons. The Morgan fingerprint density at radius 2 is 2.36 bits per heavy atom. The highest BCUT2D eigenvalue weighted by atomic mass is 35.5. The number of rotatable bonds is 2. The summed E-state index contributed by atoms with van der Waals surface area (Å²) < 4.78 is 0. The van der Waals surface area contributed by atoms with Gasteiger partial charge >= 0.3 is 0 Å². The molecule has 0 saturated heterocycles. The van der Waals surface area contributed by atoms with Crippen LogP contribution in [0.5, 0.6) is 0 Å². The van der Waals surface area contributed by atoms with Gasteiger partial charge in [-0.25, -0.2) is 0 Å². The van der Waals surface area contributed by atoms with Crippen molar-refractivity contribution in [3.05, 3.63) is 28.8 Å². The van der Waals surface area contributed by atoms with Crippen LogP contribution in [0.15, 0.2) is 18.2 Å². The van der Waals surface area contributed by atoms with Crippen molar-refractivity contribution < 1.29 is 4.79 Å². The van der Waals surface area contributed by atoms with Gasteiger partial charge in [-0.15, -0.1) is 0 Å². The van der Waals surface area contributed by atoms with E-state index in [1.54, 1.807) is 6.07 Å². The summed E-state index contributed by atoms with van der Waals surface area (Å²) in [6.45, 7) is 0.638. The van der Waals surface area contributed by atoms with Crippen LogP contribution < -0.4 is 10.6 Å². The van der Waals surface area contributed by atoms with Gasteiger partial charge in [0.1, 0.15) is 0 Å². The Morgan fingerprint density at radius 3 is 3.07 bits per heavy atom. The van der Waals surface area contributed by atoms with Crippen LogP contribution in [0.3, 0.4) is 0 Å². The molecule has 1 heterocycles. The maximum atomic E-state index is 11.5. The standard InChI is InChI=1S/C10H11ClN2O/c1-12-5-8-7-4-6(11)2-3-9(7)13-10(8)14/h2-4,8,12H,5H2,1H3,(H,13,14). The van der Waals surface area contributed by atoms with Gasteiger partial charge in [0.05, 0.1) is 5.92 Å². The van der Waals surface area contributed by atoms with E-state index in [9.17, 15) is 4.79 Å². The molecule has 1 aromatic rings. The van der Waals surface area contributed by atoms with Gasteiger partial charge in [-0.3, -0.25) is 4.79 Å². The predicted octanol–water partition coefficient (Wildman–Crippen LogP) is 1.60. The summed E-state index contributed by atoms with van der Waals surface area (Å²) in [6.07, 6.45) is 0. The maximum absolute atomic E-state index is 11.5. The molecule has 1 aliphatic rings. The number of benzene rings is 1. The monoisotopic (exact) mass is 210 g/mol. The molecule has 1 unspecified atom stereocenters. The number of hydrogen-bond donors (Lipinski definition) is 2. The number of anilines is 1. The molecule has 4 heteroatoms. The third kappa shape index (κ3) is 1.49. The SMILES string of the molecule is CNCC1C(=O)Nc2ccc(Cl)cc21. The quantitative estimate of drug-likeness (QED) is 0.779. The zero-order chi connectivity index (χ0) is 10.1. The van der Waals surface area contributed by atoms with Crippen molar-refractivity contribution in [3.63, 3.8) is 0 Å². The summed E-state index contributed by atoms with van der Waals surface area (Å²) in [5, 5.41) is 6.49. The van der Waals surface area contributed by atoms with Crippen LogP contribution in [-0.2, 0) is 4.79 Å². The minimum atomic E-state index is -0.117. The van der Waals surface area contributed by atoms with Crippen LogP contribution in [0.2, 0.25) is 5.02 Å². The topological polar surface area (TPSA) is 41.1 Å². The molecule has 0 aliphatic carbocycles. The fourth-order valence-electron chi connectivity index (χ4n) is 1.70. The number of halogens is 1. The number of carbonyl (C=O) groups is 1. The average molecular weight is 211 g/mol. The second kappa shape index (κ2) is 3.59. The Bertz CT molecular complexity index is 378. The summed E-state index contributed by atoms with van der Waals surface area (Å²) in [7, 11) is 1.83. The van der Waals surface area contributed by atoms with Crippen molar-refractivity contribution in [2.45, 2.75) is 5.92 Å². The van der Waals surface area contributed by atoms with E-state index >= 15 is 0 Å². The molecule has 74 valence electrons. The van der Waals surface area contributed by atoms with Gasteiger partial charge in [0.25, 0.3) is 0 Å². The van der Waals surface area contributed by atoms with E-state index in [0.717, 1.165) is 11.3 Å². The second-order valence-corrected chi connectivity index (χ2v) is 3.77. The first kappa shape index (κ1) is 9.49. The lowest BCUT2D eigenvalue weighted by atomic mass is 10.0. The lowest BCUT2D eigenvalue weighted by Gasteiger charge is -2.07. The molecule has 0 bridgehead atoms. The lowest BCUT2D eigenvalue weighted by molar-refractivity contribution is -0.116. The summed E-state index contributed by atoms with van der Waals surface area (Å²) >= 11 is 5.88. The first-order chi connectivity index (χ1) is 6.72. The van der Waals surface area contributed by atoms with Crippen molar-refractivity contribution in [1.29, 1.82) is 0 Å². The summed E-state index contributed by atoms with van der Waals surface area (Å²) in [5.41, 5.74) is 1.86. The minimum Gasteiger partial charge on any atom is -0.325 e. The van der Waals surface area contributed by atoms with E-state index in [2.05, 4.69) is 10.6 Å². The van der Waals surface area contributed by atoms with E-state index in [1.807, 2.05) is 19.2 Å². The fourth-order valence-corrected chi connectivity index (χ4v) is 1.88. The first-order valence-electron chi connectivity index (χ1n) is 4.47. The number of amides is 1. The van der Waals surface area contributed by atoms with Gasteiger partial charge in [-0.2, -0.15) is 0 Å². The Kier molecular flexibility index (Phi) is 2.44. The van der Waals surface area contributed by atoms with Crippen molar-refractivity contribution in [2.75, 3.05) is 18.9 Å². The Morgan fingerprint density at radius 1 is 1.57 bits per heavy atom. The van der Waals surface area contributed by atoms with Gasteiger partial charge in [0.15, 0.2) is 0 Å². The molecule has 3 nitrogen and oxygen atoms in total. The van der Waals surface area contributed by atoms with Crippen molar-refractivity contribution >= 4 is 23.2 Å². The van der Waals surface area contributed by atoms with Crippen LogP contribution in [0.25, 0.3) is 0 Å². The molecule has 0 aromatic heterocycles. The molecule has 2 rings (SSSR count). The summed E-state index contributed by atoms with van der Waals surface area (Å²) in [5.74, 6) is -0.0784. The third-order valence-corrected chi connectivity index (χ3v) is 2.61. The van der Waals surface area contributed by atoms with Crippen molar-refractivity contribution in [3.8, 4) is 0 Å². The molecule has 14 heavy (non-hydrogen) atoms. The van der Waals surface area contributed by atoms with Gasteiger partial charge in [0.2, 0.25) is 5.91 Å². The highest BCUT2D eigenvalue weighted by molar-refractivity contribution is 6.31. The average Bonchev–Trinajstić information content (AvgIpc) is 2.45. The molecule has 1 aliphatic heterocycles. The van der Waals surface area contributed by atoms with Crippen LogP contribution >= 0.6 is 11.6 Å². The zero-order valence-corrected chi connectivity index (χ0v) is 8.56. The Balaban J connectivity index is 2.39. The number of hydrogen-bond acceptors (Lipinski definition) is 2. The van der Waals surface area contributed by atoms with Crippen molar-refractivity contribution in [2.24, 2.45) is 0 Å². The van der Waals surface area contributed by atoms with Crippen LogP contribution in [0.1, 0.15) is 11.5 Å². The molecule has 2 N–H and O–H groups in total. The van der Waals surface area contributed by atoms with Gasteiger partial charge in [-0.05, 0) is 30.8 Å². The zero-order valence-electron chi connectivity index (χ0n) is 7.80. The minimum absolute atomic E-state index is 0.0385. The highest BCUT2D eigenvalue weighted by Gasteiger charge is 2.29. The van der Waals surface area contributed by atoms with Crippen LogP contribution in [0.4, 0.5) is 5.69 Å². The van der Waals surface area contributed by atoms with E-state index < -0.39 is 0 Å². The molecular weight excluding hydrogens is 200 g/mol. The van der Waals surface area contributed by atoms with Crippen LogP contribution in [0, 0.1) is 0 Å². The van der Waals surface area contributed by atoms with Gasteiger partial charge in [-0.1, -0.05) is 11.6 Å². The smallest absolute Gasteiger partial charge is 0.233 e. The van der Waals surface area contributed by atoms with Gasteiger partial charge < -0.3 is 10.6 Å². The number of fused-ring (bicyclic) bond motifs is 1. The molecule has 1 amide bonds. The Hall–Kier alpha value is -1.06. The molecule has 1 aromatic carbocycles. The fraction of sp³-hybridized carbons (Fsp3) is 0.300. The largest absolute Gasteiger partial charge is 0.325 e. The van der Waals surface area contributed by atoms with Gasteiger partial charge in [0, 0.05) is 17.3 Å². The maximum Gasteiger partial charge on any atom is 0.233 e. The Labute approximate surface area is 87.4 Å². The number of carbonyl (C=O) groups excluding carboxylic acids is 1. The van der Waals surface area contributed by atoms with E-state index in [0.29, 0.717) is 11.6 Å². The molecule has 0 saturated carbocycles. The summed E-state index contributed by atoms with van der Waals surface area (Å²) in [6, 6.07) is 5.46. The van der Waals surface area contributed by atoms with E-state index in [4.69, 9.17) is 11.6 Å². The number of likely N-dealkylation sites (N-methyl/N-ethyl adjacent to an activating group) is 1. The van der Waals surface area contributed by atoms with Crippen LogP contribution in [-0.4, -0.2) is 19.5 Å². The lowest BCUT2D eigenvalue weighted by Crippen LogP contribution is -2.23.